The molecule has 8 nitrogen and oxygen atoms in total. The highest BCUT2D eigenvalue weighted by atomic mass is 16.5. The lowest BCUT2D eigenvalue weighted by Gasteiger charge is -2.56. The third-order valence-corrected chi connectivity index (χ3v) is 6.71. The predicted molar refractivity (Wildman–Crippen MR) is 124 cm³/mol. The molecule has 3 saturated heterocycles. The lowest BCUT2D eigenvalue weighted by Crippen LogP contribution is -2.68. The molecule has 7 heterocycles. The summed E-state index contributed by atoms with van der Waals surface area (Å²) in [7, 11) is 1.64. The summed E-state index contributed by atoms with van der Waals surface area (Å²) < 4.78 is 6.90. The number of nitriles is 1. The average Bonchev–Trinajstić information content (AvgIpc) is 3.26. The number of methoxy groups -OCH3 is 1. The number of rotatable bonds is 5. The zero-order valence-corrected chi connectivity index (χ0v) is 18.3. The second kappa shape index (κ2) is 7.87. The van der Waals surface area contributed by atoms with Gasteiger partial charge < -0.3 is 9.64 Å². The van der Waals surface area contributed by atoms with E-state index in [9.17, 15) is 5.26 Å². The highest BCUT2D eigenvalue weighted by molar-refractivity contribution is 5.77. The first-order chi connectivity index (χ1) is 16.2. The number of hydrogen-bond donors (Lipinski definition) is 0. The van der Waals surface area contributed by atoms with Gasteiger partial charge in [-0.05, 0) is 36.2 Å². The fraction of sp³-hybridized carbons (Fsp3) is 0.280. The number of hydrogen-bond acceptors (Lipinski definition) is 7. The summed E-state index contributed by atoms with van der Waals surface area (Å²) in [5.74, 6) is 1.62. The van der Waals surface area contributed by atoms with Crippen LogP contribution in [-0.4, -0.2) is 56.8 Å². The van der Waals surface area contributed by atoms with Crippen molar-refractivity contribution in [3.05, 3.63) is 72.2 Å². The second-order valence-corrected chi connectivity index (χ2v) is 8.60. The Balaban J connectivity index is 1.16. The van der Waals surface area contributed by atoms with Gasteiger partial charge in [0.25, 0.3) is 0 Å². The fourth-order valence-corrected chi connectivity index (χ4v) is 4.99. The number of fused-ring (bicyclic) bond motifs is 3. The molecule has 3 aliphatic heterocycles. The molecular formula is C25H23N7O. The molecule has 0 amide bonds. The number of aromatic nitrogens is 4. The van der Waals surface area contributed by atoms with E-state index in [1.165, 1.54) is 12.0 Å². The highest BCUT2D eigenvalue weighted by Gasteiger charge is 2.44. The Bertz CT molecular complexity index is 1330. The molecule has 0 aromatic carbocycles. The van der Waals surface area contributed by atoms with Gasteiger partial charge in [-0.1, -0.05) is 12.1 Å². The predicted octanol–water partition coefficient (Wildman–Crippen LogP) is 3.13. The van der Waals surface area contributed by atoms with Gasteiger partial charge in [0, 0.05) is 61.9 Å². The maximum absolute atomic E-state index is 9.67. The van der Waals surface area contributed by atoms with Crippen molar-refractivity contribution in [1.82, 2.24) is 24.5 Å². The van der Waals surface area contributed by atoms with Crippen LogP contribution in [0.5, 0.6) is 5.88 Å². The first-order valence-electron chi connectivity index (χ1n) is 11.1. The second-order valence-electron chi connectivity index (χ2n) is 8.60. The summed E-state index contributed by atoms with van der Waals surface area (Å²) in [5, 5.41) is 14.3. The molecule has 7 rings (SSSR count). The summed E-state index contributed by atoms with van der Waals surface area (Å²) in [6.45, 7) is 2.84. The Morgan fingerprint density at radius 3 is 2.64 bits per heavy atom. The molecule has 2 atom stereocenters. The molecule has 3 fully saturated rings. The average molecular weight is 438 g/mol. The summed E-state index contributed by atoms with van der Waals surface area (Å²) >= 11 is 0. The molecule has 8 heteroatoms. The Hall–Kier alpha value is -3.96. The largest absolute Gasteiger partial charge is 0.481 e. The van der Waals surface area contributed by atoms with E-state index in [1.54, 1.807) is 11.6 Å². The molecule has 0 aliphatic carbocycles. The van der Waals surface area contributed by atoms with Crippen molar-refractivity contribution in [2.45, 2.75) is 25.0 Å². The van der Waals surface area contributed by atoms with Crippen LogP contribution in [0.15, 0.2) is 61.1 Å². The van der Waals surface area contributed by atoms with E-state index in [0.717, 1.165) is 36.5 Å². The zero-order chi connectivity index (χ0) is 22.4. The van der Waals surface area contributed by atoms with E-state index < -0.39 is 0 Å². The molecule has 2 bridgehead atoms. The summed E-state index contributed by atoms with van der Waals surface area (Å²) in [6, 6.07) is 17.2. The highest BCUT2D eigenvalue weighted by Crippen LogP contribution is 2.36. The Morgan fingerprint density at radius 1 is 1.06 bits per heavy atom. The van der Waals surface area contributed by atoms with Crippen LogP contribution < -0.4 is 9.64 Å². The van der Waals surface area contributed by atoms with E-state index in [0.29, 0.717) is 29.2 Å². The molecule has 0 saturated carbocycles. The van der Waals surface area contributed by atoms with Crippen LogP contribution >= 0.6 is 0 Å². The van der Waals surface area contributed by atoms with E-state index in [-0.39, 0.29) is 0 Å². The van der Waals surface area contributed by atoms with Crippen molar-refractivity contribution < 1.29 is 4.74 Å². The number of piperidine rings is 1. The Morgan fingerprint density at radius 2 is 1.94 bits per heavy atom. The molecule has 33 heavy (non-hydrogen) atoms. The third kappa shape index (κ3) is 3.38. The minimum Gasteiger partial charge on any atom is -0.481 e. The summed E-state index contributed by atoms with van der Waals surface area (Å²) in [5.41, 5.74) is 4.12. The van der Waals surface area contributed by atoms with Gasteiger partial charge in [0.05, 0.1) is 12.6 Å². The molecule has 0 radical (unpaired) electrons. The maximum Gasteiger partial charge on any atom is 0.212 e. The molecule has 2 unspecified atom stereocenters. The van der Waals surface area contributed by atoms with Crippen LogP contribution in [0.25, 0.3) is 16.8 Å². The zero-order valence-electron chi connectivity index (χ0n) is 18.3. The maximum atomic E-state index is 9.67. The van der Waals surface area contributed by atoms with Crippen molar-refractivity contribution in [1.29, 1.82) is 5.26 Å². The van der Waals surface area contributed by atoms with Crippen LogP contribution in [0.1, 0.15) is 17.5 Å². The number of piperazine rings is 1. The van der Waals surface area contributed by atoms with Gasteiger partial charge in [-0.15, -0.1) is 0 Å². The summed E-state index contributed by atoms with van der Waals surface area (Å²) in [4.78, 5) is 14.0. The van der Waals surface area contributed by atoms with Gasteiger partial charge in [-0.2, -0.15) is 10.4 Å². The van der Waals surface area contributed by atoms with Gasteiger partial charge in [-0.25, -0.2) is 14.5 Å². The van der Waals surface area contributed by atoms with Crippen LogP contribution in [0.2, 0.25) is 0 Å². The van der Waals surface area contributed by atoms with E-state index in [4.69, 9.17) is 9.72 Å². The Labute approximate surface area is 191 Å². The van der Waals surface area contributed by atoms with Crippen molar-refractivity contribution >= 4 is 11.3 Å². The number of pyridine rings is 3. The normalized spacial score (nSPS) is 19.8. The number of nitrogens with zero attached hydrogens (tertiary/aromatic N) is 7. The van der Waals surface area contributed by atoms with Crippen LogP contribution in [-0.2, 0) is 6.54 Å². The topological polar surface area (TPSA) is 82.6 Å². The van der Waals surface area contributed by atoms with Crippen LogP contribution in [0, 0.1) is 11.3 Å². The van der Waals surface area contributed by atoms with E-state index in [2.05, 4.69) is 32.0 Å². The minimum atomic E-state index is 0.524. The van der Waals surface area contributed by atoms with Crippen molar-refractivity contribution in [3.63, 3.8) is 0 Å². The smallest absolute Gasteiger partial charge is 0.212 e. The molecule has 0 spiro atoms. The third-order valence-electron chi connectivity index (χ3n) is 6.71. The quantitative estimate of drug-likeness (QED) is 0.474. The molecular weight excluding hydrogens is 414 g/mol. The van der Waals surface area contributed by atoms with Crippen molar-refractivity contribution in [2.24, 2.45) is 0 Å². The van der Waals surface area contributed by atoms with Gasteiger partial charge in [0.2, 0.25) is 5.88 Å². The Kier molecular flexibility index (Phi) is 4.70. The molecule has 4 aromatic heterocycles. The minimum absolute atomic E-state index is 0.524. The molecule has 3 aliphatic rings. The monoisotopic (exact) mass is 437 g/mol. The van der Waals surface area contributed by atoms with Crippen molar-refractivity contribution in [3.8, 4) is 23.2 Å². The van der Waals surface area contributed by atoms with Gasteiger partial charge in [-0.3, -0.25) is 4.90 Å². The summed E-state index contributed by atoms with van der Waals surface area (Å²) in [6.07, 6.45) is 6.82. The first kappa shape index (κ1) is 19.7. The SMILES string of the molecule is COc1ccc(CN2C3CC2CN(c2ccc(-c4nn5ccccc5c4C#N)cn2)C3)cn1. The fourth-order valence-electron chi connectivity index (χ4n) is 4.99. The van der Waals surface area contributed by atoms with Gasteiger partial charge in [0.1, 0.15) is 23.1 Å². The molecule has 4 aromatic rings. The molecule has 164 valence electrons. The van der Waals surface area contributed by atoms with E-state index in [1.807, 2.05) is 55.0 Å². The number of anilines is 1. The lowest BCUT2D eigenvalue weighted by atomic mass is 9.87. The standard InChI is InChI=1S/C25H23N7O/c1-33-24-8-5-17(12-28-24)14-31-19-10-20(31)16-30(15-19)23-7-6-18(13-27-23)25-21(11-26)22-4-2-3-9-32(22)29-25/h2-9,12-13,19-20H,10,14-16H2,1H3. The number of ether oxygens (including phenoxy) is 1. The lowest BCUT2D eigenvalue weighted by molar-refractivity contribution is -0.00876. The first-order valence-corrected chi connectivity index (χ1v) is 11.1. The molecule has 0 N–H and O–H groups in total. The van der Waals surface area contributed by atoms with E-state index >= 15 is 0 Å². The van der Waals surface area contributed by atoms with Crippen molar-refractivity contribution in [2.75, 3.05) is 25.1 Å². The van der Waals surface area contributed by atoms with Crippen LogP contribution in [0.3, 0.4) is 0 Å². The van der Waals surface area contributed by atoms with Gasteiger partial charge >= 0.3 is 0 Å². The van der Waals surface area contributed by atoms with Crippen LogP contribution in [0.4, 0.5) is 5.82 Å². The van der Waals surface area contributed by atoms with Gasteiger partial charge in [0.15, 0.2) is 0 Å².